The van der Waals surface area contributed by atoms with E-state index in [2.05, 4.69) is 9.97 Å². The molecule has 2 heterocycles. The zero-order chi connectivity index (χ0) is 15.5. The minimum Gasteiger partial charge on any atom is -0.464 e. The molecule has 0 amide bonds. The van der Waals surface area contributed by atoms with Gasteiger partial charge in [0.05, 0.1) is 30.4 Å². The molecular formula is C17H16N2O3. The summed E-state index contributed by atoms with van der Waals surface area (Å²) >= 11 is 0. The van der Waals surface area contributed by atoms with Crippen LogP contribution in [0.2, 0.25) is 0 Å². The third kappa shape index (κ3) is 2.63. The molecule has 0 aliphatic carbocycles. The summed E-state index contributed by atoms with van der Waals surface area (Å²) in [4.78, 5) is 20.7. The Hall–Kier alpha value is -2.53. The first-order chi connectivity index (χ1) is 10.7. The molecule has 0 saturated heterocycles. The molecule has 0 bridgehead atoms. The molecule has 0 spiro atoms. The van der Waals surface area contributed by atoms with E-state index in [1.807, 2.05) is 37.3 Å². The maximum Gasteiger partial charge on any atom is 0.356 e. The fraction of sp³-hybridized carbons (Fsp3) is 0.235. The number of methoxy groups -OCH3 is 1. The summed E-state index contributed by atoms with van der Waals surface area (Å²) in [6, 6.07) is 11.4. The lowest BCUT2D eigenvalue weighted by Gasteiger charge is -2.07. The van der Waals surface area contributed by atoms with Gasteiger partial charge in [-0.05, 0) is 19.1 Å². The molecule has 5 nitrogen and oxygen atoms in total. The predicted molar refractivity (Wildman–Crippen MR) is 83.7 cm³/mol. The Bertz CT molecular complexity index is 846. The van der Waals surface area contributed by atoms with Gasteiger partial charge >= 0.3 is 5.97 Å². The fourth-order valence-corrected chi connectivity index (χ4v) is 2.31. The molecule has 3 aromatic rings. The zero-order valence-electron chi connectivity index (χ0n) is 12.5. The van der Waals surface area contributed by atoms with Gasteiger partial charge in [-0.1, -0.05) is 24.3 Å². The average molecular weight is 296 g/mol. The first-order valence-electron chi connectivity index (χ1n) is 7.08. The van der Waals surface area contributed by atoms with Crippen molar-refractivity contribution >= 4 is 27.8 Å². The molecule has 3 rings (SSSR count). The van der Waals surface area contributed by atoms with Crippen molar-refractivity contribution in [1.82, 2.24) is 9.97 Å². The van der Waals surface area contributed by atoms with E-state index in [0.717, 1.165) is 22.0 Å². The Morgan fingerprint density at radius 3 is 2.32 bits per heavy atom. The van der Waals surface area contributed by atoms with Crippen LogP contribution in [0.1, 0.15) is 23.1 Å². The molecule has 2 aromatic heterocycles. The van der Waals surface area contributed by atoms with E-state index in [1.165, 1.54) is 7.11 Å². The van der Waals surface area contributed by atoms with E-state index in [1.54, 1.807) is 6.07 Å². The lowest BCUT2D eigenvalue weighted by Crippen LogP contribution is -2.04. The van der Waals surface area contributed by atoms with Crippen molar-refractivity contribution in [2.45, 2.75) is 13.5 Å². The summed E-state index contributed by atoms with van der Waals surface area (Å²) in [6.07, 6.45) is 0. The van der Waals surface area contributed by atoms with Gasteiger partial charge in [-0.3, -0.25) is 0 Å². The number of aromatic nitrogens is 2. The first-order valence-corrected chi connectivity index (χ1v) is 7.08. The topological polar surface area (TPSA) is 61.3 Å². The van der Waals surface area contributed by atoms with Gasteiger partial charge in [0.1, 0.15) is 5.69 Å². The molecule has 0 radical (unpaired) electrons. The number of esters is 1. The lowest BCUT2D eigenvalue weighted by atomic mass is 10.1. The summed E-state index contributed by atoms with van der Waals surface area (Å²) in [5.74, 6) is -0.454. The smallest absolute Gasteiger partial charge is 0.356 e. The number of pyridine rings is 2. The Morgan fingerprint density at radius 1 is 1.00 bits per heavy atom. The Morgan fingerprint density at radius 2 is 1.64 bits per heavy atom. The van der Waals surface area contributed by atoms with Crippen molar-refractivity contribution in [3.8, 4) is 0 Å². The van der Waals surface area contributed by atoms with Crippen molar-refractivity contribution in [2.75, 3.05) is 13.7 Å². The van der Waals surface area contributed by atoms with Crippen LogP contribution in [-0.4, -0.2) is 29.7 Å². The van der Waals surface area contributed by atoms with Crippen LogP contribution in [0.4, 0.5) is 0 Å². The van der Waals surface area contributed by atoms with Crippen LogP contribution >= 0.6 is 0 Å². The number of ether oxygens (including phenoxy) is 2. The van der Waals surface area contributed by atoms with E-state index in [4.69, 9.17) is 9.47 Å². The van der Waals surface area contributed by atoms with Crippen molar-refractivity contribution in [3.05, 3.63) is 47.8 Å². The number of fused-ring (bicyclic) bond motifs is 3. The maximum atomic E-state index is 11.7. The molecule has 112 valence electrons. The number of hydrogen-bond acceptors (Lipinski definition) is 5. The molecule has 22 heavy (non-hydrogen) atoms. The SMILES string of the molecule is CCOCc1ccc2ccc3ccc(C(=O)OC)nc3c2n1. The highest BCUT2D eigenvalue weighted by molar-refractivity contribution is 6.04. The molecule has 0 unspecified atom stereocenters. The second kappa shape index (κ2) is 6.07. The quantitative estimate of drug-likeness (QED) is 0.547. The third-order valence-electron chi connectivity index (χ3n) is 3.43. The Balaban J connectivity index is 2.19. The molecule has 5 heteroatoms. The molecule has 1 aromatic carbocycles. The summed E-state index contributed by atoms with van der Waals surface area (Å²) in [7, 11) is 1.34. The largest absolute Gasteiger partial charge is 0.464 e. The van der Waals surface area contributed by atoms with Crippen molar-refractivity contribution in [3.63, 3.8) is 0 Å². The van der Waals surface area contributed by atoms with Crippen LogP contribution < -0.4 is 0 Å². The molecular weight excluding hydrogens is 280 g/mol. The standard InChI is InChI=1S/C17H16N2O3/c1-3-22-10-13-8-6-11-4-5-12-7-9-14(17(20)21-2)19-16(12)15(11)18-13/h4-9H,3,10H2,1-2H3. The van der Waals surface area contributed by atoms with Crippen LogP contribution in [-0.2, 0) is 16.1 Å². The highest BCUT2D eigenvalue weighted by atomic mass is 16.5. The van der Waals surface area contributed by atoms with Gasteiger partial charge in [0.15, 0.2) is 0 Å². The molecule has 0 fully saturated rings. The van der Waals surface area contributed by atoms with E-state index >= 15 is 0 Å². The van der Waals surface area contributed by atoms with Crippen LogP contribution in [0.5, 0.6) is 0 Å². The number of rotatable bonds is 4. The fourth-order valence-electron chi connectivity index (χ4n) is 2.31. The average Bonchev–Trinajstić information content (AvgIpc) is 2.58. The minimum absolute atomic E-state index is 0.277. The van der Waals surface area contributed by atoms with E-state index in [-0.39, 0.29) is 5.69 Å². The van der Waals surface area contributed by atoms with Gasteiger partial charge in [-0.25, -0.2) is 14.8 Å². The van der Waals surface area contributed by atoms with Crippen LogP contribution in [0, 0.1) is 0 Å². The summed E-state index contributed by atoms with van der Waals surface area (Å²) in [5.41, 5.74) is 2.57. The van der Waals surface area contributed by atoms with E-state index < -0.39 is 5.97 Å². The van der Waals surface area contributed by atoms with Crippen LogP contribution in [0.15, 0.2) is 36.4 Å². The highest BCUT2D eigenvalue weighted by Gasteiger charge is 2.11. The summed E-state index contributed by atoms with van der Waals surface area (Å²) < 4.78 is 10.1. The zero-order valence-corrected chi connectivity index (χ0v) is 12.5. The number of carbonyl (C=O) groups is 1. The molecule has 0 aliphatic rings. The van der Waals surface area contributed by atoms with Crippen LogP contribution in [0.3, 0.4) is 0 Å². The number of nitrogens with zero attached hydrogens (tertiary/aromatic N) is 2. The third-order valence-corrected chi connectivity index (χ3v) is 3.43. The number of carbonyl (C=O) groups excluding carboxylic acids is 1. The van der Waals surface area contributed by atoms with E-state index in [0.29, 0.717) is 18.7 Å². The number of hydrogen-bond donors (Lipinski definition) is 0. The molecule has 0 aliphatic heterocycles. The first kappa shape index (κ1) is 14.4. The maximum absolute atomic E-state index is 11.7. The number of benzene rings is 1. The van der Waals surface area contributed by atoms with Gasteiger partial charge in [-0.15, -0.1) is 0 Å². The second-order valence-corrected chi connectivity index (χ2v) is 4.84. The second-order valence-electron chi connectivity index (χ2n) is 4.84. The van der Waals surface area contributed by atoms with Crippen molar-refractivity contribution in [1.29, 1.82) is 0 Å². The van der Waals surface area contributed by atoms with Gasteiger partial charge in [0.25, 0.3) is 0 Å². The normalized spacial score (nSPS) is 11.0. The Kier molecular flexibility index (Phi) is 3.98. The predicted octanol–water partition coefficient (Wildman–Crippen LogP) is 3.11. The minimum atomic E-state index is -0.454. The monoisotopic (exact) mass is 296 g/mol. The van der Waals surface area contributed by atoms with Gasteiger partial charge in [0, 0.05) is 17.4 Å². The summed E-state index contributed by atoms with van der Waals surface area (Å²) in [6.45, 7) is 3.04. The van der Waals surface area contributed by atoms with Crippen molar-refractivity contribution in [2.24, 2.45) is 0 Å². The highest BCUT2D eigenvalue weighted by Crippen LogP contribution is 2.23. The Labute approximate surface area is 127 Å². The molecule has 0 N–H and O–H groups in total. The van der Waals surface area contributed by atoms with Crippen LogP contribution in [0.25, 0.3) is 21.8 Å². The molecule has 0 atom stereocenters. The molecule has 0 saturated carbocycles. The lowest BCUT2D eigenvalue weighted by molar-refractivity contribution is 0.0594. The van der Waals surface area contributed by atoms with Gasteiger partial charge in [-0.2, -0.15) is 0 Å². The van der Waals surface area contributed by atoms with Gasteiger partial charge < -0.3 is 9.47 Å². The summed E-state index contributed by atoms with van der Waals surface area (Å²) in [5, 5.41) is 1.91. The van der Waals surface area contributed by atoms with Crippen molar-refractivity contribution < 1.29 is 14.3 Å². The van der Waals surface area contributed by atoms with E-state index in [9.17, 15) is 4.79 Å². The van der Waals surface area contributed by atoms with Gasteiger partial charge in [0.2, 0.25) is 0 Å².